The first-order chi connectivity index (χ1) is 9.75. The summed E-state index contributed by atoms with van der Waals surface area (Å²) in [5.41, 5.74) is 4.23. The Kier molecular flexibility index (Phi) is 3.48. The molecular weight excluding hydrogens is 270 g/mol. The SMILES string of the molecule is O=C(O)CCc1ccc(-c2ccsc2)c2ncccc12. The summed E-state index contributed by atoms with van der Waals surface area (Å²) >= 11 is 1.66. The molecule has 0 atom stereocenters. The molecule has 0 bridgehead atoms. The van der Waals surface area contributed by atoms with Crippen LogP contribution in [0.2, 0.25) is 0 Å². The Morgan fingerprint density at radius 3 is 2.90 bits per heavy atom. The Labute approximate surface area is 120 Å². The van der Waals surface area contributed by atoms with Gasteiger partial charge in [-0.1, -0.05) is 18.2 Å². The minimum Gasteiger partial charge on any atom is -0.481 e. The number of rotatable bonds is 4. The molecule has 0 radical (unpaired) electrons. The van der Waals surface area contributed by atoms with Crippen LogP contribution in [0.1, 0.15) is 12.0 Å². The van der Waals surface area contributed by atoms with Crippen LogP contribution in [0.4, 0.5) is 0 Å². The number of fused-ring (bicyclic) bond motifs is 1. The number of aliphatic carboxylic acids is 1. The Morgan fingerprint density at radius 1 is 1.25 bits per heavy atom. The number of carboxylic acid groups (broad SMARTS) is 1. The van der Waals surface area contributed by atoms with Gasteiger partial charge in [-0.3, -0.25) is 9.78 Å². The summed E-state index contributed by atoms with van der Waals surface area (Å²) in [4.78, 5) is 15.2. The third-order valence-electron chi connectivity index (χ3n) is 3.30. The zero-order valence-corrected chi connectivity index (χ0v) is 11.6. The van der Waals surface area contributed by atoms with Crippen molar-refractivity contribution in [3.63, 3.8) is 0 Å². The van der Waals surface area contributed by atoms with Crippen LogP contribution in [-0.2, 0) is 11.2 Å². The highest BCUT2D eigenvalue weighted by Gasteiger charge is 2.10. The summed E-state index contributed by atoms with van der Waals surface area (Å²) < 4.78 is 0. The van der Waals surface area contributed by atoms with Crippen molar-refractivity contribution in [3.8, 4) is 11.1 Å². The molecule has 0 aliphatic carbocycles. The van der Waals surface area contributed by atoms with Gasteiger partial charge in [0.1, 0.15) is 0 Å². The van der Waals surface area contributed by atoms with E-state index in [-0.39, 0.29) is 6.42 Å². The molecule has 1 N–H and O–H groups in total. The predicted molar refractivity (Wildman–Crippen MR) is 81.0 cm³/mol. The minimum absolute atomic E-state index is 0.141. The van der Waals surface area contributed by atoms with E-state index < -0.39 is 5.97 Å². The van der Waals surface area contributed by atoms with Crippen molar-refractivity contribution in [3.05, 3.63) is 52.9 Å². The molecule has 3 nitrogen and oxygen atoms in total. The van der Waals surface area contributed by atoms with Crippen molar-refractivity contribution in [2.45, 2.75) is 12.8 Å². The highest BCUT2D eigenvalue weighted by molar-refractivity contribution is 7.08. The molecule has 2 heterocycles. The number of thiophene rings is 1. The number of aryl methyl sites for hydroxylation is 1. The van der Waals surface area contributed by atoms with Crippen molar-refractivity contribution in [1.82, 2.24) is 4.98 Å². The molecule has 20 heavy (non-hydrogen) atoms. The molecule has 4 heteroatoms. The fourth-order valence-electron chi connectivity index (χ4n) is 2.34. The first-order valence-corrected chi connectivity index (χ1v) is 7.31. The smallest absolute Gasteiger partial charge is 0.303 e. The molecule has 0 aliphatic heterocycles. The standard InChI is InChI=1S/C16H13NO2S/c18-15(19)6-4-11-3-5-14(12-7-9-20-10-12)16-13(11)2-1-8-17-16/h1-3,5,7-10H,4,6H2,(H,18,19). The number of nitrogens with zero attached hydrogens (tertiary/aromatic N) is 1. The second-order valence-electron chi connectivity index (χ2n) is 4.58. The quantitative estimate of drug-likeness (QED) is 0.788. The van der Waals surface area contributed by atoms with Crippen LogP contribution in [-0.4, -0.2) is 16.1 Å². The third kappa shape index (κ3) is 2.42. The molecule has 0 aliphatic rings. The maximum Gasteiger partial charge on any atom is 0.303 e. The normalized spacial score (nSPS) is 10.8. The van der Waals surface area contributed by atoms with E-state index in [2.05, 4.69) is 16.4 Å². The molecule has 3 rings (SSSR count). The van der Waals surface area contributed by atoms with Gasteiger partial charge in [-0.15, -0.1) is 0 Å². The van der Waals surface area contributed by atoms with E-state index >= 15 is 0 Å². The zero-order chi connectivity index (χ0) is 13.9. The van der Waals surface area contributed by atoms with Crippen LogP contribution < -0.4 is 0 Å². The molecule has 0 saturated carbocycles. The van der Waals surface area contributed by atoms with Gasteiger partial charge >= 0.3 is 5.97 Å². The predicted octanol–water partition coefficient (Wildman–Crippen LogP) is 3.98. The van der Waals surface area contributed by atoms with E-state index in [9.17, 15) is 4.79 Å². The molecule has 1 aromatic carbocycles. The Morgan fingerprint density at radius 2 is 2.15 bits per heavy atom. The molecular formula is C16H13NO2S. The maximum absolute atomic E-state index is 10.7. The molecule has 2 aromatic heterocycles. The van der Waals surface area contributed by atoms with Crippen LogP contribution in [0.3, 0.4) is 0 Å². The first-order valence-electron chi connectivity index (χ1n) is 6.36. The van der Waals surface area contributed by atoms with Gasteiger partial charge in [-0.2, -0.15) is 11.3 Å². The summed E-state index contributed by atoms with van der Waals surface area (Å²) in [5, 5.41) is 14.0. The molecule has 0 unspecified atom stereocenters. The fourth-order valence-corrected chi connectivity index (χ4v) is 3.00. The lowest BCUT2D eigenvalue weighted by Crippen LogP contribution is -1.98. The summed E-state index contributed by atoms with van der Waals surface area (Å²) in [6.07, 6.45) is 2.45. The third-order valence-corrected chi connectivity index (χ3v) is 3.98. The van der Waals surface area contributed by atoms with Gasteiger partial charge in [0.15, 0.2) is 0 Å². The second kappa shape index (κ2) is 5.43. The van der Waals surface area contributed by atoms with Crippen LogP contribution in [0, 0.1) is 0 Å². The summed E-state index contributed by atoms with van der Waals surface area (Å²) in [6, 6.07) is 10.0. The topological polar surface area (TPSA) is 50.2 Å². The van der Waals surface area contributed by atoms with Crippen LogP contribution in [0.15, 0.2) is 47.3 Å². The average Bonchev–Trinajstić information content (AvgIpc) is 2.98. The number of carboxylic acids is 1. The molecule has 0 saturated heterocycles. The van der Waals surface area contributed by atoms with Gasteiger partial charge in [0.2, 0.25) is 0 Å². The lowest BCUT2D eigenvalue weighted by atomic mass is 9.98. The number of aromatic nitrogens is 1. The van der Waals surface area contributed by atoms with E-state index in [4.69, 9.17) is 5.11 Å². The van der Waals surface area contributed by atoms with Crippen molar-refractivity contribution < 1.29 is 9.90 Å². The highest BCUT2D eigenvalue weighted by atomic mass is 32.1. The monoisotopic (exact) mass is 283 g/mol. The first kappa shape index (κ1) is 12.8. The van der Waals surface area contributed by atoms with E-state index in [0.29, 0.717) is 6.42 Å². The lowest BCUT2D eigenvalue weighted by molar-refractivity contribution is -0.136. The van der Waals surface area contributed by atoms with Gasteiger partial charge in [0.05, 0.1) is 5.52 Å². The van der Waals surface area contributed by atoms with Gasteiger partial charge in [0.25, 0.3) is 0 Å². The van der Waals surface area contributed by atoms with Crippen molar-refractivity contribution >= 4 is 28.2 Å². The minimum atomic E-state index is -0.774. The highest BCUT2D eigenvalue weighted by Crippen LogP contribution is 2.31. The Hall–Kier alpha value is -2.20. The second-order valence-corrected chi connectivity index (χ2v) is 5.36. The van der Waals surface area contributed by atoms with Crippen molar-refractivity contribution in [2.75, 3.05) is 0 Å². The average molecular weight is 283 g/mol. The van der Waals surface area contributed by atoms with Crippen molar-refractivity contribution in [1.29, 1.82) is 0 Å². The van der Waals surface area contributed by atoms with Crippen LogP contribution in [0.25, 0.3) is 22.0 Å². The molecule has 100 valence electrons. The Balaban J connectivity index is 2.12. The molecule has 0 amide bonds. The van der Waals surface area contributed by atoms with Gasteiger partial charge < -0.3 is 5.11 Å². The van der Waals surface area contributed by atoms with E-state index in [1.165, 1.54) is 0 Å². The number of hydrogen-bond donors (Lipinski definition) is 1. The van der Waals surface area contributed by atoms with E-state index in [1.54, 1.807) is 17.5 Å². The van der Waals surface area contributed by atoms with Crippen molar-refractivity contribution in [2.24, 2.45) is 0 Å². The van der Waals surface area contributed by atoms with E-state index in [0.717, 1.165) is 27.6 Å². The lowest BCUT2D eigenvalue weighted by Gasteiger charge is -2.09. The number of hydrogen-bond acceptors (Lipinski definition) is 3. The summed E-state index contributed by atoms with van der Waals surface area (Å²) in [7, 11) is 0. The zero-order valence-electron chi connectivity index (χ0n) is 10.7. The largest absolute Gasteiger partial charge is 0.481 e. The Bertz CT molecular complexity index is 750. The van der Waals surface area contributed by atoms with Gasteiger partial charge in [-0.25, -0.2) is 0 Å². The van der Waals surface area contributed by atoms with Gasteiger partial charge in [-0.05, 0) is 40.4 Å². The molecule has 0 fully saturated rings. The molecule has 3 aromatic rings. The van der Waals surface area contributed by atoms with Crippen LogP contribution >= 0.6 is 11.3 Å². The summed E-state index contributed by atoms with van der Waals surface area (Å²) in [5.74, 6) is -0.774. The van der Waals surface area contributed by atoms with E-state index in [1.807, 2.05) is 29.6 Å². The van der Waals surface area contributed by atoms with Gasteiger partial charge in [0, 0.05) is 23.6 Å². The number of pyridine rings is 1. The maximum atomic E-state index is 10.7. The number of carbonyl (C=O) groups is 1. The summed E-state index contributed by atoms with van der Waals surface area (Å²) in [6.45, 7) is 0. The number of benzene rings is 1. The fraction of sp³-hybridized carbons (Fsp3) is 0.125. The van der Waals surface area contributed by atoms with Crippen LogP contribution in [0.5, 0.6) is 0 Å². The molecule has 0 spiro atoms.